The van der Waals surface area contributed by atoms with Crippen molar-refractivity contribution in [3.63, 3.8) is 0 Å². The number of carbonyl (C=O) groups is 2. The van der Waals surface area contributed by atoms with Crippen LogP contribution >= 0.6 is 0 Å². The maximum Gasteiger partial charge on any atom is 0.352 e. The minimum atomic E-state index is -0.987. The molecule has 1 aromatic heterocycles. The lowest BCUT2D eigenvalue weighted by Crippen LogP contribution is -2.35. The molecule has 0 atom stereocenters. The lowest BCUT2D eigenvalue weighted by atomic mass is 10.2. The summed E-state index contributed by atoms with van der Waals surface area (Å²) < 4.78 is 1.57. The van der Waals surface area contributed by atoms with E-state index in [4.69, 9.17) is 0 Å². The number of amides is 1. The van der Waals surface area contributed by atoms with E-state index in [-0.39, 0.29) is 24.2 Å². The van der Waals surface area contributed by atoms with Crippen LogP contribution in [-0.2, 0) is 11.3 Å². The predicted molar refractivity (Wildman–Crippen MR) is 71.3 cm³/mol. The van der Waals surface area contributed by atoms with E-state index in [9.17, 15) is 14.7 Å². The molecule has 0 aliphatic heterocycles. The predicted octanol–water partition coefficient (Wildman–Crippen LogP) is 1.86. The summed E-state index contributed by atoms with van der Waals surface area (Å²) in [6.07, 6.45) is 4.38. The Kier molecular flexibility index (Phi) is 3.93. The molecule has 1 aliphatic rings. The van der Waals surface area contributed by atoms with E-state index < -0.39 is 5.97 Å². The Balaban J connectivity index is 2.09. The molecule has 0 spiro atoms. The summed E-state index contributed by atoms with van der Waals surface area (Å²) >= 11 is 0. The lowest BCUT2D eigenvalue weighted by Gasteiger charge is -2.14. The highest BCUT2D eigenvalue weighted by molar-refractivity contribution is 5.89. The molecule has 5 nitrogen and oxygen atoms in total. The van der Waals surface area contributed by atoms with E-state index in [1.807, 2.05) is 6.92 Å². The van der Waals surface area contributed by atoms with Crippen molar-refractivity contribution in [1.82, 2.24) is 9.88 Å². The molecule has 1 fully saturated rings. The third kappa shape index (κ3) is 2.97. The van der Waals surface area contributed by atoms with E-state index in [0.29, 0.717) is 5.56 Å². The van der Waals surface area contributed by atoms with Gasteiger partial charge >= 0.3 is 5.97 Å². The Hall–Kier alpha value is -1.78. The van der Waals surface area contributed by atoms with Gasteiger partial charge in [-0.05, 0) is 38.3 Å². The van der Waals surface area contributed by atoms with Crippen molar-refractivity contribution in [1.29, 1.82) is 0 Å². The highest BCUT2D eigenvalue weighted by Crippen LogP contribution is 2.18. The minimum absolute atomic E-state index is 0.0812. The average molecular weight is 264 g/mol. The fourth-order valence-corrected chi connectivity index (χ4v) is 2.82. The third-order valence-corrected chi connectivity index (χ3v) is 3.72. The summed E-state index contributed by atoms with van der Waals surface area (Å²) in [6, 6.07) is 2.06. The minimum Gasteiger partial charge on any atom is -0.477 e. The number of nitrogens with one attached hydrogen (secondary N) is 1. The van der Waals surface area contributed by atoms with Crippen molar-refractivity contribution in [2.75, 3.05) is 0 Å². The van der Waals surface area contributed by atoms with Gasteiger partial charge in [-0.1, -0.05) is 12.8 Å². The van der Waals surface area contributed by atoms with Crippen LogP contribution in [0.2, 0.25) is 0 Å². The van der Waals surface area contributed by atoms with Gasteiger partial charge in [0, 0.05) is 11.7 Å². The van der Waals surface area contributed by atoms with Crippen LogP contribution in [0.5, 0.6) is 0 Å². The van der Waals surface area contributed by atoms with E-state index >= 15 is 0 Å². The maximum atomic E-state index is 12.0. The molecule has 1 aliphatic carbocycles. The number of aryl methyl sites for hydroxylation is 2. The second kappa shape index (κ2) is 5.47. The van der Waals surface area contributed by atoms with Crippen molar-refractivity contribution in [2.24, 2.45) is 0 Å². The van der Waals surface area contributed by atoms with E-state index in [1.165, 1.54) is 0 Å². The molecule has 1 saturated carbocycles. The van der Waals surface area contributed by atoms with Gasteiger partial charge in [0.2, 0.25) is 5.91 Å². The van der Waals surface area contributed by atoms with E-state index in [0.717, 1.165) is 31.4 Å². The van der Waals surface area contributed by atoms with Crippen LogP contribution in [0.15, 0.2) is 6.07 Å². The number of carboxylic acids is 1. The summed E-state index contributed by atoms with van der Waals surface area (Å²) in [4.78, 5) is 23.2. The first-order valence-corrected chi connectivity index (χ1v) is 6.68. The van der Waals surface area contributed by atoms with E-state index in [2.05, 4.69) is 5.32 Å². The number of nitrogens with zero attached hydrogens (tertiary/aromatic N) is 1. The van der Waals surface area contributed by atoms with Crippen molar-refractivity contribution >= 4 is 11.9 Å². The smallest absolute Gasteiger partial charge is 0.352 e. The zero-order chi connectivity index (χ0) is 14.0. The number of hydrogen-bond acceptors (Lipinski definition) is 2. The molecule has 104 valence electrons. The van der Waals surface area contributed by atoms with Gasteiger partial charge in [-0.2, -0.15) is 0 Å². The first kappa shape index (κ1) is 13.6. The maximum absolute atomic E-state index is 12.0. The molecule has 0 radical (unpaired) electrons. The van der Waals surface area contributed by atoms with Gasteiger partial charge in [0.25, 0.3) is 0 Å². The molecule has 2 N–H and O–H groups in total. The van der Waals surface area contributed by atoms with Gasteiger partial charge in [0.15, 0.2) is 0 Å². The van der Waals surface area contributed by atoms with Gasteiger partial charge in [0.1, 0.15) is 12.2 Å². The quantitative estimate of drug-likeness (QED) is 0.872. The van der Waals surface area contributed by atoms with Gasteiger partial charge in [-0.15, -0.1) is 0 Å². The van der Waals surface area contributed by atoms with Crippen LogP contribution < -0.4 is 5.32 Å². The third-order valence-electron chi connectivity index (χ3n) is 3.72. The molecule has 0 unspecified atom stereocenters. The van der Waals surface area contributed by atoms with Crippen LogP contribution in [0.25, 0.3) is 0 Å². The van der Waals surface area contributed by atoms with Crippen LogP contribution in [-0.4, -0.2) is 27.6 Å². The molecule has 0 aromatic carbocycles. The molecular weight excluding hydrogens is 244 g/mol. The molecule has 1 aromatic rings. The Bertz CT molecular complexity index is 499. The summed E-state index contributed by atoms with van der Waals surface area (Å²) in [7, 11) is 0. The zero-order valence-electron chi connectivity index (χ0n) is 11.4. The highest BCUT2D eigenvalue weighted by Gasteiger charge is 2.21. The Morgan fingerprint density at radius 1 is 1.37 bits per heavy atom. The summed E-state index contributed by atoms with van der Waals surface area (Å²) in [5, 5.41) is 12.2. The van der Waals surface area contributed by atoms with Gasteiger partial charge in [0.05, 0.1) is 0 Å². The van der Waals surface area contributed by atoms with Crippen molar-refractivity contribution < 1.29 is 14.7 Å². The van der Waals surface area contributed by atoms with Crippen LogP contribution in [0.1, 0.15) is 47.4 Å². The van der Waals surface area contributed by atoms with Gasteiger partial charge in [-0.25, -0.2) is 4.79 Å². The number of carbonyl (C=O) groups excluding carboxylic acids is 1. The number of carboxylic acid groups (broad SMARTS) is 1. The summed E-state index contributed by atoms with van der Waals surface area (Å²) in [5.74, 6) is -1.09. The molecule has 0 bridgehead atoms. The second-order valence-electron chi connectivity index (χ2n) is 5.26. The van der Waals surface area contributed by atoms with Crippen LogP contribution in [0.3, 0.4) is 0 Å². The summed E-state index contributed by atoms with van der Waals surface area (Å²) in [6.45, 7) is 3.65. The zero-order valence-corrected chi connectivity index (χ0v) is 11.4. The lowest BCUT2D eigenvalue weighted by molar-refractivity contribution is -0.122. The normalized spacial score (nSPS) is 15.7. The van der Waals surface area contributed by atoms with Crippen molar-refractivity contribution in [3.8, 4) is 0 Å². The van der Waals surface area contributed by atoms with Crippen LogP contribution in [0, 0.1) is 13.8 Å². The standard InChI is InChI=1S/C14H20N2O3/c1-9-7-10(2)16(13(9)14(18)19)8-12(17)15-11-5-3-4-6-11/h7,11H,3-6,8H2,1-2H3,(H,15,17)(H,18,19). The highest BCUT2D eigenvalue weighted by atomic mass is 16.4. The fraction of sp³-hybridized carbons (Fsp3) is 0.571. The Morgan fingerprint density at radius 2 is 2.00 bits per heavy atom. The SMILES string of the molecule is Cc1cc(C)n(CC(=O)NC2CCCC2)c1C(=O)O. The molecule has 0 saturated heterocycles. The Morgan fingerprint density at radius 3 is 2.58 bits per heavy atom. The number of aromatic carboxylic acids is 1. The molecule has 19 heavy (non-hydrogen) atoms. The van der Waals surface area contributed by atoms with Gasteiger partial charge in [-0.3, -0.25) is 4.79 Å². The largest absolute Gasteiger partial charge is 0.477 e. The molecule has 2 rings (SSSR count). The topological polar surface area (TPSA) is 71.3 Å². The molecule has 5 heteroatoms. The molecular formula is C14H20N2O3. The number of rotatable bonds is 4. The first-order chi connectivity index (χ1) is 8.99. The molecule has 1 amide bonds. The summed E-state index contributed by atoms with van der Waals surface area (Å²) in [5.41, 5.74) is 1.70. The number of hydrogen-bond donors (Lipinski definition) is 2. The number of aromatic nitrogens is 1. The fourth-order valence-electron chi connectivity index (χ4n) is 2.82. The average Bonchev–Trinajstić information content (AvgIpc) is 2.88. The van der Waals surface area contributed by atoms with Gasteiger partial charge < -0.3 is 15.0 Å². The van der Waals surface area contributed by atoms with Crippen LogP contribution in [0.4, 0.5) is 0 Å². The first-order valence-electron chi connectivity index (χ1n) is 6.68. The Labute approximate surface area is 112 Å². The van der Waals surface area contributed by atoms with Crippen molar-refractivity contribution in [2.45, 2.75) is 52.1 Å². The molecule has 1 heterocycles. The second-order valence-corrected chi connectivity index (χ2v) is 5.26. The van der Waals surface area contributed by atoms with Crippen molar-refractivity contribution in [3.05, 3.63) is 23.0 Å². The van der Waals surface area contributed by atoms with E-state index in [1.54, 1.807) is 17.6 Å². The monoisotopic (exact) mass is 264 g/mol.